The maximum atomic E-state index is 12.7. The number of hydrogen-bond acceptors (Lipinski definition) is 5. The largest absolute Gasteiger partial charge is 0.379 e. The van der Waals surface area contributed by atoms with Gasteiger partial charge in [-0.15, -0.1) is 16.9 Å². The molecule has 3 rings (SSSR count). The van der Waals surface area contributed by atoms with Crippen molar-refractivity contribution in [3.05, 3.63) is 30.6 Å². The van der Waals surface area contributed by atoms with E-state index in [2.05, 4.69) is 14.8 Å². The molecule has 0 aliphatic carbocycles. The third-order valence-corrected chi connectivity index (χ3v) is 5.77. The summed E-state index contributed by atoms with van der Waals surface area (Å²) in [6.07, 6.45) is 3.15. The van der Waals surface area contributed by atoms with Crippen LogP contribution in [0.5, 0.6) is 0 Å². The summed E-state index contributed by atoms with van der Waals surface area (Å²) in [6, 6.07) is 4.85. The normalized spacial score (nSPS) is 16.4. The van der Waals surface area contributed by atoms with Gasteiger partial charge in [0.1, 0.15) is 0 Å². The third kappa shape index (κ3) is 4.13. The minimum atomic E-state index is -3.56. The molecular formula is C14H17Cl2N5O3S. The standard InChI is InChI=1S/C14H16ClN5O3S.ClH/c15-19-14(16)18-13-9-17-8-10-7-11(1-2-12(10)13)24(21,22)20-3-5-23-6-4-20;/h1-2,7-9H,3-6H2,(H3,16,18,19);1H. The van der Waals surface area contributed by atoms with Crippen molar-refractivity contribution < 1.29 is 13.2 Å². The van der Waals surface area contributed by atoms with Crippen LogP contribution in [0.2, 0.25) is 0 Å². The molecular weight excluding hydrogens is 389 g/mol. The van der Waals surface area contributed by atoms with E-state index in [0.29, 0.717) is 37.4 Å². The zero-order valence-electron chi connectivity index (χ0n) is 13.1. The summed E-state index contributed by atoms with van der Waals surface area (Å²) in [5, 5.41) is 4.24. The average Bonchev–Trinajstić information content (AvgIpc) is 2.62. The molecule has 11 heteroatoms. The van der Waals surface area contributed by atoms with Crippen molar-refractivity contribution in [3.8, 4) is 0 Å². The molecule has 2 heterocycles. The molecule has 0 bridgehead atoms. The van der Waals surface area contributed by atoms with Gasteiger partial charge in [-0.3, -0.25) is 4.98 Å². The lowest BCUT2D eigenvalue weighted by Crippen LogP contribution is -2.40. The first kappa shape index (κ1) is 19.7. The molecule has 2 aromatic rings. The molecule has 1 fully saturated rings. The van der Waals surface area contributed by atoms with Gasteiger partial charge >= 0.3 is 0 Å². The fourth-order valence-electron chi connectivity index (χ4n) is 2.51. The molecule has 3 N–H and O–H groups in total. The smallest absolute Gasteiger partial charge is 0.243 e. The van der Waals surface area contributed by atoms with Crippen LogP contribution in [0.15, 0.2) is 40.0 Å². The van der Waals surface area contributed by atoms with Crippen LogP contribution in [0.3, 0.4) is 0 Å². The van der Waals surface area contributed by atoms with Gasteiger partial charge in [0.15, 0.2) is 0 Å². The van der Waals surface area contributed by atoms with E-state index in [4.69, 9.17) is 22.2 Å². The van der Waals surface area contributed by atoms with Crippen molar-refractivity contribution in [3.63, 3.8) is 0 Å². The summed E-state index contributed by atoms with van der Waals surface area (Å²) in [4.78, 5) is 4.31. The Labute approximate surface area is 156 Å². The lowest BCUT2D eigenvalue weighted by molar-refractivity contribution is 0.0730. The Morgan fingerprint density at radius 3 is 2.72 bits per heavy atom. The Bertz CT molecular complexity index is 885. The Hall–Kier alpha value is -1.65. The number of morpholine rings is 1. The lowest BCUT2D eigenvalue weighted by Gasteiger charge is -2.26. The van der Waals surface area contributed by atoms with Crippen LogP contribution < -0.4 is 11.1 Å². The quantitative estimate of drug-likeness (QED) is 0.591. The number of pyridine rings is 1. The number of nitrogens with zero attached hydrogens (tertiary/aromatic N) is 3. The molecule has 8 nitrogen and oxygen atoms in total. The number of halogens is 2. The van der Waals surface area contributed by atoms with Crippen molar-refractivity contribution in [1.29, 1.82) is 0 Å². The van der Waals surface area contributed by atoms with E-state index in [0.717, 1.165) is 5.39 Å². The van der Waals surface area contributed by atoms with E-state index in [9.17, 15) is 8.42 Å². The fourth-order valence-corrected chi connectivity index (χ4v) is 4.00. The molecule has 1 aliphatic heterocycles. The summed E-state index contributed by atoms with van der Waals surface area (Å²) in [5.74, 6) is 0.0241. The van der Waals surface area contributed by atoms with E-state index in [1.165, 1.54) is 4.31 Å². The first-order chi connectivity index (χ1) is 11.5. The molecule has 0 saturated carbocycles. The Morgan fingerprint density at radius 1 is 1.32 bits per heavy atom. The highest BCUT2D eigenvalue weighted by molar-refractivity contribution is 7.89. The summed E-state index contributed by atoms with van der Waals surface area (Å²) in [7, 11) is -3.56. The van der Waals surface area contributed by atoms with Gasteiger partial charge in [-0.2, -0.15) is 4.31 Å². The van der Waals surface area contributed by atoms with Crippen LogP contribution in [0.25, 0.3) is 10.8 Å². The molecule has 0 spiro atoms. The highest BCUT2D eigenvalue weighted by Crippen LogP contribution is 2.26. The Balaban J connectivity index is 0.00000225. The van der Waals surface area contributed by atoms with Crippen LogP contribution >= 0.6 is 24.2 Å². The van der Waals surface area contributed by atoms with Crippen LogP contribution in [-0.2, 0) is 14.8 Å². The highest BCUT2D eigenvalue weighted by Gasteiger charge is 2.26. The fraction of sp³-hybridized carbons (Fsp3) is 0.286. The highest BCUT2D eigenvalue weighted by atomic mass is 35.5. The summed E-state index contributed by atoms with van der Waals surface area (Å²) in [5.41, 5.74) is 6.15. The molecule has 0 unspecified atom stereocenters. The number of hydrogen-bond donors (Lipinski definition) is 2. The number of nitrogens with two attached hydrogens (primary N) is 1. The Kier molecular flexibility index (Phi) is 6.42. The van der Waals surface area contributed by atoms with Gasteiger partial charge in [-0.05, 0) is 12.1 Å². The number of nitrogens with one attached hydrogen (secondary N) is 1. The van der Waals surface area contributed by atoms with Crippen LogP contribution in [-0.4, -0.2) is 50.0 Å². The first-order valence-corrected chi connectivity index (χ1v) is 8.97. The van der Waals surface area contributed by atoms with Crippen LogP contribution in [0.1, 0.15) is 0 Å². The molecule has 0 atom stereocenters. The lowest BCUT2D eigenvalue weighted by atomic mass is 10.1. The number of anilines is 1. The maximum absolute atomic E-state index is 12.7. The predicted molar refractivity (Wildman–Crippen MR) is 99.7 cm³/mol. The van der Waals surface area contributed by atoms with Gasteiger partial charge in [0.05, 0.1) is 30.0 Å². The first-order valence-electron chi connectivity index (χ1n) is 7.19. The van der Waals surface area contributed by atoms with Gasteiger partial charge in [0, 0.05) is 41.8 Å². The Morgan fingerprint density at radius 2 is 2.04 bits per heavy atom. The number of rotatable bonds is 3. The number of fused-ring (bicyclic) bond motifs is 1. The van der Waals surface area contributed by atoms with E-state index < -0.39 is 10.0 Å². The number of ether oxygens (including phenoxy) is 1. The van der Waals surface area contributed by atoms with Gasteiger partial charge in [-0.25, -0.2) is 8.42 Å². The molecule has 1 aromatic heterocycles. The zero-order valence-corrected chi connectivity index (χ0v) is 15.4. The predicted octanol–water partition coefficient (Wildman–Crippen LogP) is 1.56. The maximum Gasteiger partial charge on any atom is 0.243 e. The summed E-state index contributed by atoms with van der Waals surface area (Å²) >= 11 is 5.31. The second-order valence-corrected chi connectivity index (χ2v) is 7.29. The molecule has 25 heavy (non-hydrogen) atoms. The molecule has 0 amide bonds. The molecule has 1 saturated heterocycles. The zero-order chi connectivity index (χ0) is 17.2. The third-order valence-electron chi connectivity index (χ3n) is 3.69. The minimum Gasteiger partial charge on any atom is -0.379 e. The van der Waals surface area contributed by atoms with Crippen molar-refractivity contribution in [2.45, 2.75) is 4.90 Å². The van der Waals surface area contributed by atoms with Crippen molar-refractivity contribution in [2.24, 2.45) is 10.2 Å². The average molecular weight is 406 g/mol. The van der Waals surface area contributed by atoms with Crippen molar-refractivity contribution in [1.82, 2.24) is 9.29 Å². The van der Waals surface area contributed by atoms with Crippen molar-refractivity contribution in [2.75, 3.05) is 31.6 Å². The molecule has 1 aliphatic rings. The molecule has 1 aromatic carbocycles. The number of sulfonamides is 1. The number of aromatic nitrogens is 1. The van der Waals surface area contributed by atoms with E-state index in [1.54, 1.807) is 30.6 Å². The van der Waals surface area contributed by atoms with E-state index in [-0.39, 0.29) is 23.3 Å². The van der Waals surface area contributed by atoms with Crippen LogP contribution in [0.4, 0.5) is 5.69 Å². The van der Waals surface area contributed by atoms with E-state index >= 15 is 0 Å². The van der Waals surface area contributed by atoms with Gasteiger partial charge in [-0.1, -0.05) is 6.07 Å². The molecule has 0 radical (unpaired) electrons. The number of benzene rings is 1. The van der Waals surface area contributed by atoms with Gasteiger partial charge < -0.3 is 15.8 Å². The summed E-state index contributed by atoms with van der Waals surface area (Å²) in [6.45, 7) is 1.50. The summed E-state index contributed by atoms with van der Waals surface area (Å²) < 4.78 is 35.4. The SMILES string of the molecule is Cl.NC(=NCl)Nc1cncc2cc(S(=O)(=O)N3CCOCC3)ccc12. The second kappa shape index (κ2) is 8.15. The monoisotopic (exact) mass is 405 g/mol. The second-order valence-electron chi connectivity index (χ2n) is 5.18. The van der Waals surface area contributed by atoms with Crippen LogP contribution in [0, 0.1) is 0 Å². The minimum absolute atomic E-state index is 0. The van der Waals surface area contributed by atoms with Gasteiger partial charge in [0.2, 0.25) is 16.0 Å². The topological polar surface area (TPSA) is 110 Å². The molecule has 136 valence electrons. The van der Waals surface area contributed by atoms with Gasteiger partial charge in [0.25, 0.3) is 0 Å². The van der Waals surface area contributed by atoms with E-state index in [1.807, 2.05) is 0 Å². The number of guanidine groups is 1. The van der Waals surface area contributed by atoms with Crippen molar-refractivity contribution >= 4 is 56.6 Å².